The zero-order chi connectivity index (χ0) is 15.8. The van der Waals surface area contributed by atoms with Crippen LogP contribution in [0.1, 0.15) is 25.7 Å². The van der Waals surface area contributed by atoms with Crippen LogP contribution in [0.25, 0.3) is 0 Å². The normalized spacial score (nSPS) is 14.9. The third-order valence-electron chi connectivity index (χ3n) is 3.05. The van der Waals surface area contributed by atoms with Crippen LogP contribution in [0.3, 0.4) is 0 Å². The summed E-state index contributed by atoms with van der Waals surface area (Å²) in [4.78, 5) is 45.7. The standard InChI is InChI=1S/C12H20N4O5/c13-9(17)5-16(7-11(19)20)6-10(18)15-12(21)14-8-3-1-2-4-8/h8H,1-7H2,(H2,13,17)(H,19,20)(H2,14,15,18,21). The van der Waals surface area contributed by atoms with Gasteiger partial charge in [0.1, 0.15) is 0 Å². The average Bonchev–Trinajstić information content (AvgIpc) is 2.78. The van der Waals surface area contributed by atoms with Gasteiger partial charge in [0.15, 0.2) is 0 Å². The van der Waals surface area contributed by atoms with Gasteiger partial charge in [-0.2, -0.15) is 0 Å². The van der Waals surface area contributed by atoms with E-state index in [1.165, 1.54) is 0 Å². The van der Waals surface area contributed by atoms with Crippen molar-refractivity contribution in [3.8, 4) is 0 Å². The monoisotopic (exact) mass is 300 g/mol. The second kappa shape index (κ2) is 8.20. The summed E-state index contributed by atoms with van der Waals surface area (Å²) in [6, 6.07) is -0.542. The van der Waals surface area contributed by atoms with Crippen LogP contribution in [0.2, 0.25) is 0 Å². The lowest BCUT2D eigenvalue weighted by Crippen LogP contribution is -2.49. The minimum Gasteiger partial charge on any atom is -0.480 e. The maximum Gasteiger partial charge on any atom is 0.321 e. The third-order valence-corrected chi connectivity index (χ3v) is 3.05. The first kappa shape index (κ1) is 16.9. The van der Waals surface area contributed by atoms with Crippen molar-refractivity contribution in [3.63, 3.8) is 0 Å². The number of carboxylic acid groups (broad SMARTS) is 1. The highest BCUT2D eigenvalue weighted by Crippen LogP contribution is 2.17. The predicted molar refractivity (Wildman–Crippen MR) is 72.2 cm³/mol. The van der Waals surface area contributed by atoms with Crippen LogP contribution in [0.4, 0.5) is 4.79 Å². The lowest BCUT2D eigenvalue weighted by Gasteiger charge is -2.18. The van der Waals surface area contributed by atoms with E-state index in [0.29, 0.717) is 0 Å². The Morgan fingerprint density at radius 1 is 1.10 bits per heavy atom. The van der Waals surface area contributed by atoms with Crippen molar-refractivity contribution in [2.75, 3.05) is 19.6 Å². The van der Waals surface area contributed by atoms with Gasteiger partial charge in [-0.3, -0.25) is 24.6 Å². The number of nitrogens with zero attached hydrogens (tertiary/aromatic N) is 1. The zero-order valence-corrected chi connectivity index (χ0v) is 11.6. The first-order chi connectivity index (χ1) is 9.86. The third kappa shape index (κ3) is 7.25. The van der Waals surface area contributed by atoms with E-state index < -0.39 is 36.9 Å². The van der Waals surface area contributed by atoms with E-state index in [1.807, 2.05) is 0 Å². The van der Waals surface area contributed by atoms with Gasteiger partial charge in [0.05, 0.1) is 19.6 Å². The van der Waals surface area contributed by atoms with Gasteiger partial charge in [0.25, 0.3) is 0 Å². The second-order valence-electron chi connectivity index (χ2n) is 5.01. The van der Waals surface area contributed by atoms with Crippen LogP contribution in [0.15, 0.2) is 0 Å². The summed E-state index contributed by atoms with van der Waals surface area (Å²) < 4.78 is 0. The predicted octanol–water partition coefficient (Wildman–Crippen LogP) is -1.37. The van der Waals surface area contributed by atoms with Crippen molar-refractivity contribution >= 4 is 23.8 Å². The molecule has 0 heterocycles. The van der Waals surface area contributed by atoms with Gasteiger partial charge < -0.3 is 16.2 Å². The van der Waals surface area contributed by atoms with Crippen LogP contribution in [0, 0.1) is 0 Å². The number of nitrogens with two attached hydrogens (primary N) is 1. The molecule has 0 aliphatic heterocycles. The lowest BCUT2D eigenvalue weighted by molar-refractivity contribution is -0.139. The Morgan fingerprint density at radius 3 is 2.24 bits per heavy atom. The summed E-state index contributed by atoms with van der Waals surface area (Å²) in [7, 11) is 0. The van der Waals surface area contributed by atoms with E-state index in [9.17, 15) is 19.2 Å². The number of imide groups is 1. The molecule has 0 saturated heterocycles. The Hall–Kier alpha value is -2.16. The van der Waals surface area contributed by atoms with E-state index in [2.05, 4.69) is 10.6 Å². The Balaban J connectivity index is 2.38. The van der Waals surface area contributed by atoms with Crippen LogP contribution in [-0.2, 0) is 14.4 Å². The molecule has 1 aliphatic rings. The first-order valence-corrected chi connectivity index (χ1v) is 6.69. The Kier molecular flexibility index (Phi) is 6.60. The van der Waals surface area contributed by atoms with E-state index in [4.69, 9.17) is 10.8 Å². The molecular formula is C12H20N4O5. The maximum atomic E-state index is 11.6. The molecule has 0 aromatic heterocycles. The highest BCUT2D eigenvalue weighted by molar-refractivity contribution is 5.95. The molecule has 0 aromatic carbocycles. The number of hydrogen-bond acceptors (Lipinski definition) is 5. The number of urea groups is 1. The molecule has 0 bridgehead atoms. The Labute approximate surface area is 121 Å². The summed E-state index contributed by atoms with van der Waals surface area (Å²) in [5.41, 5.74) is 4.97. The number of rotatable bonds is 7. The minimum atomic E-state index is -1.19. The number of primary amides is 1. The van der Waals surface area contributed by atoms with Crippen LogP contribution in [-0.4, -0.2) is 59.5 Å². The maximum absolute atomic E-state index is 11.6. The van der Waals surface area contributed by atoms with Gasteiger partial charge in [-0.15, -0.1) is 0 Å². The molecule has 1 saturated carbocycles. The summed E-state index contributed by atoms with van der Waals surface area (Å²) >= 11 is 0. The topological polar surface area (TPSA) is 142 Å². The molecule has 5 N–H and O–H groups in total. The average molecular weight is 300 g/mol. The summed E-state index contributed by atoms with van der Waals surface area (Å²) in [6.45, 7) is -1.28. The van der Waals surface area contributed by atoms with Crippen molar-refractivity contribution in [1.29, 1.82) is 0 Å². The summed E-state index contributed by atoms with van der Waals surface area (Å²) in [6.07, 6.45) is 3.86. The fourth-order valence-corrected chi connectivity index (χ4v) is 2.24. The first-order valence-electron chi connectivity index (χ1n) is 6.69. The molecule has 0 aromatic rings. The molecule has 9 nitrogen and oxygen atoms in total. The smallest absolute Gasteiger partial charge is 0.321 e. The summed E-state index contributed by atoms with van der Waals surface area (Å²) in [5.74, 6) is -2.63. The number of carboxylic acids is 1. The largest absolute Gasteiger partial charge is 0.480 e. The molecule has 9 heteroatoms. The highest BCUT2D eigenvalue weighted by atomic mass is 16.4. The van der Waals surface area contributed by atoms with Gasteiger partial charge in [0, 0.05) is 6.04 Å². The van der Waals surface area contributed by atoms with Crippen molar-refractivity contribution in [2.45, 2.75) is 31.7 Å². The van der Waals surface area contributed by atoms with E-state index in [0.717, 1.165) is 30.6 Å². The van der Waals surface area contributed by atoms with Gasteiger partial charge in [0.2, 0.25) is 11.8 Å². The Bertz CT molecular complexity index is 404. The number of aliphatic carboxylic acids is 1. The fraction of sp³-hybridized carbons (Fsp3) is 0.667. The molecule has 0 spiro atoms. The number of carbonyl (C=O) groups excluding carboxylic acids is 3. The van der Waals surface area contributed by atoms with Crippen molar-refractivity contribution in [1.82, 2.24) is 15.5 Å². The van der Waals surface area contributed by atoms with Gasteiger partial charge in [-0.05, 0) is 12.8 Å². The second-order valence-corrected chi connectivity index (χ2v) is 5.01. The van der Waals surface area contributed by atoms with E-state index in [-0.39, 0.29) is 12.6 Å². The van der Waals surface area contributed by atoms with Crippen LogP contribution >= 0.6 is 0 Å². The molecule has 1 aliphatic carbocycles. The molecule has 118 valence electrons. The number of carbonyl (C=O) groups is 4. The number of amides is 4. The minimum absolute atomic E-state index is 0.0681. The molecule has 21 heavy (non-hydrogen) atoms. The molecule has 0 atom stereocenters. The van der Waals surface area contributed by atoms with Gasteiger partial charge in [-0.25, -0.2) is 4.79 Å². The zero-order valence-electron chi connectivity index (χ0n) is 11.6. The SMILES string of the molecule is NC(=O)CN(CC(=O)O)CC(=O)NC(=O)NC1CCCC1. The van der Waals surface area contributed by atoms with Gasteiger partial charge >= 0.3 is 12.0 Å². The van der Waals surface area contributed by atoms with Gasteiger partial charge in [-0.1, -0.05) is 12.8 Å². The quantitative estimate of drug-likeness (QED) is 0.457. The van der Waals surface area contributed by atoms with Crippen molar-refractivity contribution in [3.05, 3.63) is 0 Å². The number of nitrogens with one attached hydrogen (secondary N) is 2. The number of hydrogen-bond donors (Lipinski definition) is 4. The molecule has 1 fully saturated rings. The fourth-order valence-electron chi connectivity index (χ4n) is 2.24. The van der Waals surface area contributed by atoms with Crippen molar-refractivity contribution < 1.29 is 24.3 Å². The van der Waals surface area contributed by atoms with Crippen molar-refractivity contribution in [2.24, 2.45) is 5.73 Å². The molecule has 4 amide bonds. The molecular weight excluding hydrogens is 280 g/mol. The summed E-state index contributed by atoms with van der Waals surface area (Å²) in [5, 5.41) is 13.5. The lowest BCUT2D eigenvalue weighted by atomic mass is 10.2. The van der Waals surface area contributed by atoms with E-state index >= 15 is 0 Å². The highest BCUT2D eigenvalue weighted by Gasteiger charge is 2.20. The molecule has 0 radical (unpaired) electrons. The molecule has 0 unspecified atom stereocenters. The van der Waals surface area contributed by atoms with E-state index in [1.54, 1.807) is 0 Å². The Morgan fingerprint density at radius 2 is 1.71 bits per heavy atom. The van der Waals surface area contributed by atoms with Crippen LogP contribution < -0.4 is 16.4 Å². The van der Waals surface area contributed by atoms with Crippen LogP contribution in [0.5, 0.6) is 0 Å². The molecule has 1 rings (SSSR count).